The Morgan fingerprint density at radius 2 is 2.10 bits per heavy atom. The van der Waals surface area contributed by atoms with Crippen LogP contribution < -0.4 is 5.32 Å². The Hall–Kier alpha value is -2.63. The summed E-state index contributed by atoms with van der Waals surface area (Å²) in [7, 11) is -3.68. The molecule has 0 bridgehead atoms. The Labute approximate surface area is 183 Å². The van der Waals surface area contributed by atoms with Crippen LogP contribution in [0.5, 0.6) is 0 Å². The molecule has 0 saturated carbocycles. The number of halogens is 1. The van der Waals surface area contributed by atoms with Crippen LogP contribution in [0.1, 0.15) is 25.7 Å². The van der Waals surface area contributed by atoms with Crippen LogP contribution in [-0.4, -0.2) is 41.9 Å². The van der Waals surface area contributed by atoms with E-state index in [9.17, 15) is 17.6 Å². The van der Waals surface area contributed by atoms with E-state index in [0.29, 0.717) is 42.2 Å². The van der Waals surface area contributed by atoms with E-state index >= 15 is 0 Å². The molecule has 0 spiro atoms. The van der Waals surface area contributed by atoms with Gasteiger partial charge in [-0.05, 0) is 37.1 Å². The summed E-state index contributed by atoms with van der Waals surface area (Å²) in [4.78, 5) is 16.7. The predicted octanol–water partition coefficient (Wildman–Crippen LogP) is 3.54. The third kappa shape index (κ3) is 4.68. The van der Waals surface area contributed by atoms with Gasteiger partial charge < -0.3 is 9.84 Å². The standard InChI is InChI=1S/C20H21FN4O4S2/c1-2-17-23-19(24-29-17)14-10-18(30-12-14)31(27,28)25-8-6-13(7-9-25)20(26)22-16-5-3-4-15(21)11-16/h3-5,10-13H,2,6-9H2,1H3,(H,22,26). The highest BCUT2D eigenvalue weighted by molar-refractivity contribution is 7.91. The molecule has 1 fully saturated rings. The van der Waals surface area contributed by atoms with E-state index in [0.717, 1.165) is 11.3 Å². The third-order valence-electron chi connectivity index (χ3n) is 5.12. The molecular formula is C20H21FN4O4S2. The first-order valence-electron chi connectivity index (χ1n) is 9.85. The van der Waals surface area contributed by atoms with Gasteiger partial charge in [-0.25, -0.2) is 12.8 Å². The molecule has 1 aliphatic heterocycles. The molecule has 0 aliphatic carbocycles. The summed E-state index contributed by atoms with van der Waals surface area (Å²) in [6, 6.07) is 7.23. The van der Waals surface area contributed by atoms with Crippen LogP contribution in [0.4, 0.5) is 10.1 Å². The fourth-order valence-corrected chi connectivity index (χ4v) is 6.16. The number of aryl methyl sites for hydroxylation is 1. The smallest absolute Gasteiger partial charge is 0.252 e. The molecule has 31 heavy (non-hydrogen) atoms. The summed E-state index contributed by atoms with van der Waals surface area (Å²) < 4.78 is 46.0. The first kappa shape index (κ1) is 21.6. The van der Waals surface area contributed by atoms with Crippen LogP contribution in [0, 0.1) is 11.7 Å². The van der Waals surface area contributed by atoms with Crippen LogP contribution >= 0.6 is 11.3 Å². The number of nitrogens with one attached hydrogen (secondary N) is 1. The minimum atomic E-state index is -3.68. The number of hydrogen-bond donors (Lipinski definition) is 1. The second-order valence-electron chi connectivity index (χ2n) is 7.20. The molecule has 0 atom stereocenters. The molecule has 3 aromatic rings. The molecule has 1 N–H and O–H groups in total. The number of piperidine rings is 1. The fourth-order valence-electron chi connectivity index (χ4n) is 3.38. The number of nitrogens with zero attached hydrogens (tertiary/aromatic N) is 3. The SMILES string of the molecule is CCc1nc(-c2csc(S(=O)(=O)N3CCC(C(=O)Nc4cccc(F)c4)CC3)c2)no1. The summed E-state index contributed by atoms with van der Waals surface area (Å²) in [6.45, 7) is 2.36. The Morgan fingerprint density at radius 1 is 1.32 bits per heavy atom. The molecule has 1 saturated heterocycles. The quantitative estimate of drug-likeness (QED) is 0.598. The Morgan fingerprint density at radius 3 is 2.77 bits per heavy atom. The zero-order valence-corrected chi connectivity index (χ0v) is 18.4. The second kappa shape index (κ2) is 8.85. The van der Waals surface area contributed by atoms with Crippen molar-refractivity contribution in [1.29, 1.82) is 0 Å². The van der Waals surface area contributed by atoms with Gasteiger partial charge in [-0.15, -0.1) is 11.3 Å². The van der Waals surface area contributed by atoms with Crippen LogP contribution in [0.25, 0.3) is 11.4 Å². The molecule has 11 heteroatoms. The van der Waals surface area contributed by atoms with Crippen LogP contribution in [-0.2, 0) is 21.2 Å². The maximum atomic E-state index is 13.3. The molecular weight excluding hydrogens is 443 g/mol. The van der Waals surface area contributed by atoms with Crippen molar-refractivity contribution in [3.8, 4) is 11.4 Å². The molecule has 1 aromatic carbocycles. The Bertz CT molecular complexity index is 1180. The van der Waals surface area contributed by atoms with Gasteiger partial charge in [0.15, 0.2) is 0 Å². The monoisotopic (exact) mass is 464 g/mol. The van der Waals surface area contributed by atoms with Gasteiger partial charge in [0, 0.05) is 42.1 Å². The maximum absolute atomic E-state index is 13.3. The number of benzene rings is 1. The van der Waals surface area contributed by atoms with Gasteiger partial charge in [-0.1, -0.05) is 18.1 Å². The van der Waals surface area contributed by atoms with E-state index in [4.69, 9.17) is 4.52 Å². The van der Waals surface area contributed by atoms with Gasteiger partial charge in [0.05, 0.1) is 0 Å². The summed E-state index contributed by atoms with van der Waals surface area (Å²) in [5, 5.41) is 8.27. The fraction of sp³-hybridized carbons (Fsp3) is 0.350. The lowest BCUT2D eigenvalue weighted by molar-refractivity contribution is -0.120. The first-order valence-corrected chi connectivity index (χ1v) is 12.2. The lowest BCUT2D eigenvalue weighted by Crippen LogP contribution is -2.41. The summed E-state index contributed by atoms with van der Waals surface area (Å²) in [5.74, 6) is -0.141. The van der Waals surface area contributed by atoms with Gasteiger partial charge in [0.25, 0.3) is 10.0 Å². The van der Waals surface area contributed by atoms with E-state index in [1.54, 1.807) is 17.5 Å². The topological polar surface area (TPSA) is 105 Å². The Balaban J connectivity index is 1.39. The number of sulfonamides is 1. The number of aromatic nitrogens is 2. The molecule has 2 aromatic heterocycles. The molecule has 0 unspecified atom stereocenters. The van der Waals surface area contributed by atoms with E-state index in [-0.39, 0.29) is 29.1 Å². The molecule has 1 amide bonds. The lowest BCUT2D eigenvalue weighted by atomic mass is 9.97. The van der Waals surface area contributed by atoms with Crippen molar-refractivity contribution in [2.75, 3.05) is 18.4 Å². The summed E-state index contributed by atoms with van der Waals surface area (Å²) in [6.07, 6.45) is 1.39. The molecule has 1 aliphatic rings. The lowest BCUT2D eigenvalue weighted by Gasteiger charge is -2.30. The average molecular weight is 465 g/mol. The largest absolute Gasteiger partial charge is 0.339 e. The van der Waals surface area contributed by atoms with Gasteiger partial charge in [-0.3, -0.25) is 4.79 Å². The minimum absolute atomic E-state index is 0.202. The van der Waals surface area contributed by atoms with Gasteiger partial charge in [0.2, 0.25) is 17.6 Å². The van der Waals surface area contributed by atoms with Gasteiger partial charge in [0.1, 0.15) is 10.0 Å². The summed E-state index contributed by atoms with van der Waals surface area (Å²) >= 11 is 1.11. The van der Waals surface area contributed by atoms with Crippen molar-refractivity contribution in [2.24, 2.45) is 5.92 Å². The first-order chi connectivity index (χ1) is 14.9. The number of anilines is 1. The van der Waals surface area contributed by atoms with Gasteiger partial charge in [-0.2, -0.15) is 9.29 Å². The predicted molar refractivity (Wildman–Crippen MR) is 114 cm³/mol. The number of amides is 1. The number of carbonyl (C=O) groups excluding carboxylic acids is 1. The second-order valence-corrected chi connectivity index (χ2v) is 10.3. The van der Waals surface area contributed by atoms with Crippen molar-refractivity contribution in [1.82, 2.24) is 14.4 Å². The molecule has 3 heterocycles. The highest BCUT2D eigenvalue weighted by Crippen LogP contribution is 2.31. The Kier molecular flexibility index (Phi) is 6.17. The van der Waals surface area contributed by atoms with Crippen molar-refractivity contribution in [2.45, 2.75) is 30.4 Å². The average Bonchev–Trinajstić information content (AvgIpc) is 3.43. The minimum Gasteiger partial charge on any atom is -0.339 e. The van der Waals surface area contributed by atoms with Crippen molar-refractivity contribution in [3.05, 3.63) is 47.4 Å². The molecule has 164 valence electrons. The van der Waals surface area contributed by atoms with E-state index in [1.165, 1.54) is 22.5 Å². The number of rotatable bonds is 6. The number of hydrogen-bond acceptors (Lipinski definition) is 7. The normalized spacial score (nSPS) is 15.8. The molecule has 0 radical (unpaired) electrons. The summed E-state index contributed by atoms with van der Waals surface area (Å²) in [5.41, 5.74) is 0.982. The van der Waals surface area contributed by atoms with E-state index in [2.05, 4.69) is 15.5 Å². The van der Waals surface area contributed by atoms with E-state index < -0.39 is 15.8 Å². The highest BCUT2D eigenvalue weighted by atomic mass is 32.2. The third-order valence-corrected chi connectivity index (χ3v) is 8.43. The zero-order chi connectivity index (χ0) is 22.0. The zero-order valence-electron chi connectivity index (χ0n) is 16.7. The van der Waals surface area contributed by atoms with Crippen molar-refractivity contribution >= 4 is 33.0 Å². The van der Waals surface area contributed by atoms with Crippen molar-refractivity contribution in [3.63, 3.8) is 0 Å². The highest BCUT2D eigenvalue weighted by Gasteiger charge is 2.33. The van der Waals surface area contributed by atoms with E-state index in [1.807, 2.05) is 6.92 Å². The molecule has 8 nitrogen and oxygen atoms in total. The number of carbonyl (C=O) groups is 1. The van der Waals surface area contributed by atoms with Crippen molar-refractivity contribution < 1.29 is 22.1 Å². The van der Waals surface area contributed by atoms with Crippen LogP contribution in [0.15, 0.2) is 44.4 Å². The van der Waals surface area contributed by atoms with Crippen LogP contribution in [0.2, 0.25) is 0 Å². The number of thiophene rings is 1. The van der Waals surface area contributed by atoms with Crippen LogP contribution in [0.3, 0.4) is 0 Å². The maximum Gasteiger partial charge on any atom is 0.252 e. The molecule has 4 rings (SSSR count). The van der Waals surface area contributed by atoms with Gasteiger partial charge >= 0.3 is 0 Å².